The van der Waals surface area contributed by atoms with Gasteiger partial charge >= 0.3 is 0 Å². The van der Waals surface area contributed by atoms with Crippen molar-refractivity contribution in [1.29, 1.82) is 0 Å². The summed E-state index contributed by atoms with van der Waals surface area (Å²) in [6, 6.07) is 9.83. The third-order valence-corrected chi connectivity index (χ3v) is 9.10. The number of rotatable bonds is 15. The maximum Gasteiger partial charge on any atom is 0.240 e. The van der Waals surface area contributed by atoms with Crippen LogP contribution in [0.2, 0.25) is 10.0 Å². The van der Waals surface area contributed by atoms with Gasteiger partial charge in [-0.1, -0.05) is 67.7 Å². The Morgan fingerprint density at radius 1 is 0.841 bits per heavy atom. The molecular formula is C34H52Cl2N6O2. The fourth-order valence-corrected chi connectivity index (χ4v) is 6.67. The monoisotopic (exact) mass is 646 g/mol. The zero-order valence-corrected chi connectivity index (χ0v) is 28.3. The van der Waals surface area contributed by atoms with E-state index in [0.29, 0.717) is 48.4 Å². The second-order valence-corrected chi connectivity index (χ2v) is 13.6. The van der Waals surface area contributed by atoms with E-state index < -0.39 is 12.1 Å². The molecule has 1 heterocycles. The average Bonchev–Trinajstić information content (AvgIpc) is 2.97. The van der Waals surface area contributed by atoms with E-state index in [-0.39, 0.29) is 23.9 Å². The predicted molar refractivity (Wildman–Crippen MR) is 182 cm³/mol. The quantitative estimate of drug-likeness (QED) is 0.214. The van der Waals surface area contributed by atoms with Crippen LogP contribution in [-0.4, -0.2) is 78.5 Å². The highest BCUT2D eigenvalue weighted by molar-refractivity contribution is 6.31. The first-order chi connectivity index (χ1) is 20.9. The van der Waals surface area contributed by atoms with Crippen molar-refractivity contribution in [2.45, 2.75) is 90.4 Å². The van der Waals surface area contributed by atoms with Crippen LogP contribution in [0.15, 0.2) is 36.4 Å². The van der Waals surface area contributed by atoms with Crippen LogP contribution in [0.5, 0.6) is 0 Å². The lowest BCUT2D eigenvalue weighted by Gasteiger charge is -2.48. The van der Waals surface area contributed by atoms with Crippen LogP contribution in [0.3, 0.4) is 0 Å². The summed E-state index contributed by atoms with van der Waals surface area (Å²) >= 11 is 13.0. The molecular weight excluding hydrogens is 595 g/mol. The highest BCUT2D eigenvalue weighted by Gasteiger charge is 2.41. The molecule has 3 rings (SSSR count). The van der Waals surface area contributed by atoms with Gasteiger partial charge in [0.05, 0.1) is 12.1 Å². The molecule has 1 aliphatic heterocycles. The van der Waals surface area contributed by atoms with Crippen molar-refractivity contribution in [3.05, 3.63) is 68.7 Å². The Labute approximate surface area is 274 Å². The van der Waals surface area contributed by atoms with E-state index in [2.05, 4.69) is 19.2 Å². The summed E-state index contributed by atoms with van der Waals surface area (Å²) in [5.41, 5.74) is 22.6. The van der Waals surface area contributed by atoms with Gasteiger partial charge < -0.3 is 32.3 Å². The second kappa shape index (κ2) is 17.5. The molecule has 0 bridgehead atoms. The third kappa shape index (κ3) is 10.4. The number of nitrogens with one attached hydrogen (secondary N) is 1. The van der Waals surface area contributed by atoms with Gasteiger partial charge in [0.2, 0.25) is 11.8 Å². The highest BCUT2D eigenvalue weighted by Crippen LogP contribution is 2.27. The molecule has 1 saturated heterocycles. The summed E-state index contributed by atoms with van der Waals surface area (Å²) in [7, 11) is 0. The van der Waals surface area contributed by atoms with Gasteiger partial charge in [0.25, 0.3) is 0 Å². The fraction of sp³-hybridized carbons (Fsp3) is 0.588. The lowest BCUT2D eigenvalue weighted by molar-refractivity contribution is -0.149. The number of amides is 2. The first-order valence-corrected chi connectivity index (χ1v) is 16.7. The molecule has 1 aliphatic rings. The Morgan fingerprint density at radius 3 is 1.82 bits per heavy atom. The number of aryl methyl sites for hydroxylation is 2. The standard InChI is InChI=1S/C34H52Cl2N6O2/c1-22(2)15-28-21-41(33(43)31(38)18-25-10-8-23(3)16-29(25)35)27(7-5-6-13-40-14-12-37)20-42(28)34(44)32(39)19-26-11-9-24(4)17-30(26)36/h8-11,16-17,22,27-28,31-32,40H,5-7,12-15,18-21,37-39H2,1-4H3/t27?,28-,31-,32-/m1/s1. The minimum absolute atomic E-state index is 0.107. The van der Waals surface area contributed by atoms with Crippen LogP contribution < -0.4 is 22.5 Å². The van der Waals surface area contributed by atoms with E-state index >= 15 is 0 Å². The van der Waals surface area contributed by atoms with Gasteiger partial charge in [-0.3, -0.25) is 9.59 Å². The number of hydrogen-bond donors (Lipinski definition) is 4. The summed E-state index contributed by atoms with van der Waals surface area (Å²) in [5, 5.41) is 4.57. The van der Waals surface area contributed by atoms with Crippen LogP contribution in [0.1, 0.15) is 61.8 Å². The summed E-state index contributed by atoms with van der Waals surface area (Å²) in [5.74, 6) is 0.106. The number of halogens is 2. The van der Waals surface area contributed by atoms with Gasteiger partial charge in [-0.05, 0) is 92.8 Å². The highest BCUT2D eigenvalue weighted by atomic mass is 35.5. The maximum absolute atomic E-state index is 14.0. The Morgan fingerprint density at radius 2 is 1.34 bits per heavy atom. The topological polar surface area (TPSA) is 131 Å². The van der Waals surface area contributed by atoms with Gasteiger partial charge in [0.15, 0.2) is 0 Å². The molecule has 244 valence electrons. The normalized spacial score (nSPS) is 18.5. The van der Waals surface area contributed by atoms with Crippen molar-refractivity contribution in [1.82, 2.24) is 15.1 Å². The number of nitrogens with two attached hydrogens (primary N) is 3. The molecule has 0 aromatic heterocycles. The number of unbranched alkanes of at least 4 members (excludes halogenated alkanes) is 1. The van der Waals surface area contributed by atoms with Gasteiger partial charge in [0.1, 0.15) is 0 Å². The Hall–Kier alpha value is -2.20. The van der Waals surface area contributed by atoms with Crippen molar-refractivity contribution in [2.24, 2.45) is 23.1 Å². The van der Waals surface area contributed by atoms with E-state index in [1.807, 2.05) is 60.0 Å². The second-order valence-electron chi connectivity index (χ2n) is 12.8. The molecule has 2 amide bonds. The Bertz CT molecular complexity index is 1240. The SMILES string of the molecule is Cc1ccc(C[C@@H](N)C(=O)N2C[C@@H](CC(C)C)N(C(=O)[C@H](N)Cc3ccc(C)cc3Cl)CC2CCCCNCCN)c(Cl)c1. The van der Waals surface area contributed by atoms with Crippen LogP contribution >= 0.6 is 23.2 Å². The number of carbonyl (C=O) groups excluding carboxylic acids is 2. The smallest absolute Gasteiger partial charge is 0.240 e. The Kier molecular flexibility index (Phi) is 14.4. The molecule has 0 aliphatic carbocycles. The van der Waals surface area contributed by atoms with Crippen LogP contribution in [0.25, 0.3) is 0 Å². The van der Waals surface area contributed by atoms with Crippen LogP contribution in [0, 0.1) is 19.8 Å². The predicted octanol–water partition coefficient (Wildman–Crippen LogP) is 4.22. The molecule has 10 heteroatoms. The third-order valence-electron chi connectivity index (χ3n) is 8.40. The molecule has 2 aromatic carbocycles. The molecule has 1 unspecified atom stereocenters. The molecule has 0 spiro atoms. The van der Waals surface area contributed by atoms with E-state index in [9.17, 15) is 9.59 Å². The lowest BCUT2D eigenvalue weighted by atomic mass is 9.93. The molecule has 0 radical (unpaired) electrons. The Balaban J connectivity index is 1.82. The minimum Gasteiger partial charge on any atom is -0.335 e. The van der Waals surface area contributed by atoms with Gasteiger partial charge in [0, 0.05) is 48.3 Å². The van der Waals surface area contributed by atoms with Gasteiger partial charge in [-0.2, -0.15) is 0 Å². The number of piperazine rings is 1. The van der Waals surface area contributed by atoms with Crippen molar-refractivity contribution < 1.29 is 9.59 Å². The number of nitrogens with zero attached hydrogens (tertiary/aromatic N) is 2. The van der Waals surface area contributed by atoms with Crippen molar-refractivity contribution in [3.63, 3.8) is 0 Å². The number of benzene rings is 2. The average molecular weight is 648 g/mol. The van der Waals surface area contributed by atoms with Crippen LogP contribution in [-0.2, 0) is 22.4 Å². The maximum atomic E-state index is 14.0. The summed E-state index contributed by atoms with van der Waals surface area (Å²) in [4.78, 5) is 31.8. The minimum atomic E-state index is -0.739. The summed E-state index contributed by atoms with van der Waals surface area (Å²) in [6.45, 7) is 11.3. The zero-order valence-electron chi connectivity index (χ0n) is 26.8. The van der Waals surface area contributed by atoms with E-state index in [0.717, 1.165) is 61.0 Å². The van der Waals surface area contributed by atoms with E-state index in [1.165, 1.54) is 0 Å². The largest absolute Gasteiger partial charge is 0.335 e. The first-order valence-electron chi connectivity index (χ1n) is 15.9. The molecule has 0 saturated carbocycles. The molecule has 44 heavy (non-hydrogen) atoms. The summed E-state index contributed by atoms with van der Waals surface area (Å²) < 4.78 is 0. The van der Waals surface area contributed by atoms with Gasteiger partial charge in [-0.25, -0.2) is 0 Å². The van der Waals surface area contributed by atoms with Crippen molar-refractivity contribution in [2.75, 3.05) is 32.7 Å². The molecule has 7 N–H and O–H groups in total. The van der Waals surface area contributed by atoms with Crippen molar-refractivity contribution in [3.8, 4) is 0 Å². The molecule has 4 atom stereocenters. The lowest BCUT2D eigenvalue weighted by Crippen LogP contribution is -2.65. The molecule has 8 nitrogen and oxygen atoms in total. The van der Waals surface area contributed by atoms with E-state index in [1.54, 1.807) is 0 Å². The zero-order chi connectivity index (χ0) is 32.4. The first kappa shape index (κ1) is 36.3. The molecule has 1 fully saturated rings. The van der Waals surface area contributed by atoms with Crippen LogP contribution in [0.4, 0.5) is 0 Å². The fourth-order valence-electron chi connectivity index (χ4n) is 6.05. The number of hydrogen-bond acceptors (Lipinski definition) is 6. The summed E-state index contributed by atoms with van der Waals surface area (Å²) in [6.07, 6.45) is 4.05. The number of carbonyl (C=O) groups is 2. The van der Waals surface area contributed by atoms with Gasteiger partial charge in [-0.15, -0.1) is 0 Å². The molecule has 2 aromatic rings. The van der Waals surface area contributed by atoms with E-state index in [4.69, 9.17) is 40.4 Å². The van der Waals surface area contributed by atoms with Crippen molar-refractivity contribution >= 4 is 35.0 Å².